The minimum atomic E-state index is -1.21. The van der Waals surface area contributed by atoms with E-state index in [2.05, 4.69) is 5.32 Å². The Hall–Kier alpha value is -3.64. The summed E-state index contributed by atoms with van der Waals surface area (Å²) < 4.78 is 23.1. The van der Waals surface area contributed by atoms with Crippen molar-refractivity contribution in [3.63, 3.8) is 0 Å². The Morgan fingerprint density at radius 2 is 1.90 bits per heavy atom. The van der Waals surface area contributed by atoms with Gasteiger partial charge in [-0.1, -0.05) is 18.2 Å². The maximum absolute atomic E-state index is 13.9. The molecule has 42 heavy (non-hydrogen) atoms. The van der Waals surface area contributed by atoms with E-state index in [1.807, 2.05) is 24.3 Å². The van der Waals surface area contributed by atoms with Crippen molar-refractivity contribution in [1.82, 2.24) is 10.2 Å². The highest BCUT2D eigenvalue weighted by Crippen LogP contribution is 2.51. The summed E-state index contributed by atoms with van der Waals surface area (Å²) in [5.74, 6) is 0.0120. The van der Waals surface area contributed by atoms with Crippen molar-refractivity contribution in [3.8, 4) is 17.2 Å². The smallest absolute Gasteiger partial charge is 0.252 e. The summed E-state index contributed by atoms with van der Waals surface area (Å²) in [6.07, 6.45) is 0.612. The van der Waals surface area contributed by atoms with E-state index in [1.165, 1.54) is 7.11 Å². The number of hydrogen-bond acceptors (Lipinski definition) is 9. The Balaban J connectivity index is 1.56. The molecule has 226 valence electrons. The fraction of sp³-hybridized carbons (Fsp3) is 0.484. The Labute approximate surface area is 244 Å². The van der Waals surface area contributed by atoms with Gasteiger partial charge in [-0.15, -0.1) is 0 Å². The van der Waals surface area contributed by atoms with Gasteiger partial charge in [0.25, 0.3) is 5.91 Å². The summed E-state index contributed by atoms with van der Waals surface area (Å²) in [6.45, 7) is 0.225. The molecule has 5 atom stereocenters. The zero-order chi connectivity index (χ0) is 29.8. The molecule has 2 aliphatic heterocycles. The van der Waals surface area contributed by atoms with Gasteiger partial charge >= 0.3 is 0 Å². The second-order valence-electron chi connectivity index (χ2n) is 10.6. The number of amides is 2. The standard InChI is InChI=1S/C31H38N2O9/c1-39-23-7-4-3-6-19(23)9-11-33(31(38)24-8-5-13-41-24)22-16-21(30(37)32-10-12-34)26-20-14-18(17-35)15-25(40-2)28(20)42-29(26)27(22)36/h3-4,6-7,14-16,22,24,26-27,29,34-36H,5,8-13,17H2,1-2H3,(H,32,37). The van der Waals surface area contributed by atoms with E-state index in [9.17, 15) is 24.9 Å². The molecule has 0 saturated carbocycles. The van der Waals surface area contributed by atoms with Crippen molar-refractivity contribution in [2.45, 2.75) is 56.1 Å². The molecule has 2 heterocycles. The zero-order valence-electron chi connectivity index (χ0n) is 23.8. The minimum Gasteiger partial charge on any atom is -0.496 e. The van der Waals surface area contributed by atoms with Gasteiger partial charge in [-0.3, -0.25) is 9.59 Å². The average molecular weight is 583 g/mol. The number of aliphatic hydroxyl groups is 3. The first-order chi connectivity index (χ1) is 20.4. The molecule has 0 bridgehead atoms. The number of rotatable bonds is 11. The molecular formula is C31H38N2O9. The first-order valence-corrected chi connectivity index (χ1v) is 14.2. The van der Waals surface area contributed by atoms with Crippen LogP contribution in [0.5, 0.6) is 17.2 Å². The molecule has 2 aromatic rings. The van der Waals surface area contributed by atoms with Gasteiger partial charge in [0, 0.05) is 30.8 Å². The number of benzene rings is 2. The number of nitrogens with one attached hydrogen (secondary N) is 1. The molecule has 1 saturated heterocycles. The van der Waals surface area contributed by atoms with Crippen molar-refractivity contribution in [2.24, 2.45) is 0 Å². The molecule has 5 unspecified atom stereocenters. The van der Waals surface area contributed by atoms with E-state index in [1.54, 1.807) is 30.2 Å². The highest BCUT2D eigenvalue weighted by Gasteiger charge is 2.52. The van der Waals surface area contributed by atoms with Gasteiger partial charge in [0.2, 0.25) is 5.91 Å². The van der Waals surface area contributed by atoms with Gasteiger partial charge in [0.1, 0.15) is 24.1 Å². The first kappa shape index (κ1) is 29.8. The van der Waals surface area contributed by atoms with Crippen LogP contribution in [0.25, 0.3) is 0 Å². The average Bonchev–Trinajstić information content (AvgIpc) is 3.69. The van der Waals surface area contributed by atoms with E-state index < -0.39 is 36.2 Å². The van der Waals surface area contributed by atoms with Crippen LogP contribution >= 0.6 is 0 Å². The van der Waals surface area contributed by atoms with Gasteiger partial charge in [-0.2, -0.15) is 0 Å². The van der Waals surface area contributed by atoms with Gasteiger partial charge in [-0.25, -0.2) is 0 Å². The number of methoxy groups -OCH3 is 2. The third-order valence-corrected chi connectivity index (χ3v) is 8.16. The summed E-state index contributed by atoms with van der Waals surface area (Å²) in [4.78, 5) is 29.0. The number of carbonyl (C=O) groups excluding carboxylic acids is 2. The maximum Gasteiger partial charge on any atom is 0.252 e. The quantitative estimate of drug-likeness (QED) is 0.306. The topological polar surface area (TPSA) is 147 Å². The third-order valence-electron chi connectivity index (χ3n) is 8.16. The lowest BCUT2D eigenvalue weighted by Gasteiger charge is -2.41. The van der Waals surface area contributed by atoms with Crippen molar-refractivity contribution in [1.29, 1.82) is 0 Å². The molecule has 4 N–H and O–H groups in total. The van der Waals surface area contributed by atoms with Crippen molar-refractivity contribution in [3.05, 3.63) is 64.7 Å². The normalized spacial score (nSPS) is 24.2. The van der Waals surface area contributed by atoms with Crippen LogP contribution in [-0.2, 0) is 27.4 Å². The number of aliphatic hydroxyl groups excluding tert-OH is 3. The number of hydrogen-bond donors (Lipinski definition) is 4. The second-order valence-corrected chi connectivity index (χ2v) is 10.6. The molecule has 2 aromatic carbocycles. The van der Waals surface area contributed by atoms with Crippen LogP contribution in [0.3, 0.4) is 0 Å². The predicted molar refractivity (Wildman–Crippen MR) is 151 cm³/mol. The van der Waals surface area contributed by atoms with Crippen LogP contribution in [0.15, 0.2) is 48.0 Å². The fourth-order valence-electron chi connectivity index (χ4n) is 6.13. The SMILES string of the molecule is COc1ccccc1CCN(C(=O)C1CCCO1)C1C=C(C(=O)NCCO)C2c3cc(CO)cc(OC)c3OC2C1O. The number of ether oxygens (including phenoxy) is 4. The van der Waals surface area contributed by atoms with Gasteiger partial charge in [-0.05, 0) is 54.7 Å². The van der Waals surface area contributed by atoms with Crippen LogP contribution in [0.1, 0.15) is 35.4 Å². The monoisotopic (exact) mass is 582 g/mol. The molecular weight excluding hydrogens is 544 g/mol. The Morgan fingerprint density at radius 1 is 1.12 bits per heavy atom. The van der Waals surface area contributed by atoms with Gasteiger partial charge in [0.05, 0.1) is 39.4 Å². The van der Waals surface area contributed by atoms with Crippen molar-refractivity contribution in [2.75, 3.05) is 40.5 Å². The van der Waals surface area contributed by atoms with E-state index in [4.69, 9.17) is 18.9 Å². The predicted octanol–water partition coefficient (Wildman–Crippen LogP) is 1.07. The largest absolute Gasteiger partial charge is 0.496 e. The summed E-state index contributed by atoms with van der Waals surface area (Å²) in [6, 6.07) is 10.0. The summed E-state index contributed by atoms with van der Waals surface area (Å²) in [5, 5.41) is 33.8. The molecule has 2 amide bonds. The first-order valence-electron chi connectivity index (χ1n) is 14.2. The Bertz CT molecular complexity index is 1320. The van der Waals surface area contributed by atoms with Crippen molar-refractivity contribution >= 4 is 11.8 Å². The second kappa shape index (κ2) is 13.1. The highest BCUT2D eigenvalue weighted by molar-refractivity contribution is 5.96. The van der Waals surface area contributed by atoms with E-state index in [0.717, 1.165) is 12.0 Å². The number of carbonyl (C=O) groups is 2. The summed E-state index contributed by atoms with van der Waals surface area (Å²) in [5.41, 5.74) is 2.34. The maximum atomic E-state index is 13.9. The molecule has 11 heteroatoms. The lowest BCUT2D eigenvalue weighted by Crippen LogP contribution is -2.57. The molecule has 0 aromatic heterocycles. The Kier molecular flexibility index (Phi) is 9.32. The lowest BCUT2D eigenvalue weighted by atomic mass is 9.77. The van der Waals surface area contributed by atoms with E-state index in [0.29, 0.717) is 53.4 Å². The summed E-state index contributed by atoms with van der Waals surface area (Å²) in [7, 11) is 3.07. The number of fused-ring (bicyclic) bond motifs is 3. The van der Waals surface area contributed by atoms with Gasteiger partial charge in [0.15, 0.2) is 11.5 Å². The van der Waals surface area contributed by atoms with E-state index in [-0.39, 0.29) is 32.2 Å². The number of nitrogens with zero attached hydrogens (tertiary/aromatic N) is 1. The third kappa shape index (κ3) is 5.69. The van der Waals surface area contributed by atoms with Crippen LogP contribution in [0, 0.1) is 0 Å². The van der Waals surface area contributed by atoms with Gasteiger partial charge < -0.3 is 44.5 Å². The molecule has 0 radical (unpaired) electrons. The molecule has 0 spiro atoms. The number of para-hydroxylation sites is 1. The molecule has 3 aliphatic rings. The van der Waals surface area contributed by atoms with Crippen LogP contribution in [0.2, 0.25) is 0 Å². The van der Waals surface area contributed by atoms with Crippen molar-refractivity contribution < 1.29 is 43.9 Å². The van der Waals surface area contributed by atoms with E-state index >= 15 is 0 Å². The fourth-order valence-corrected chi connectivity index (χ4v) is 6.13. The lowest BCUT2D eigenvalue weighted by molar-refractivity contribution is -0.146. The van der Waals surface area contributed by atoms with Crippen LogP contribution in [0.4, 0.5) is 0 Å². The Morgan fingerprint density at radius 3 is 2.60 bits per heavy atom. The molecule has 1 fully saturated rings. The van der Waals surface area contributed by atoms with Crippen LogP contribution < -0.4 is 19.5 Å². The summed E-state index contributed by atoms with van der Waals surface area (Å²) >= 11 is 0. The minimum absolute atomic E-state index is 0.0286. The molecule has 1 aliphatic carbocycles. The zero-order valence-corrected chi connectivity index (χ0v) is 23.8. The molecule has 5 rings (SSSR count). The molecule has 11 nitrogen and oxygen atoms in total. The highest BCUT2D eigenvalue weighted by atomic mass is 16.5. The van der Waals surface area contributed by atoms with Crippen LogP contribution in [-0.4, -0.2) is 96.9 Å².